The number of halogens is 2. The van der Waals surface area contributed by atoms with Gasteiger partial charge in [-0.05, 0) is 29.3 Å². The van der Waals surface area contributed by atoms with Gasteiger partial charge in [0.2, 0.25) is 0 Å². The molecule has 1 heterocycles. The lowest BCUT2D eigenvalue weighted by Gasteiger charge is -2.14. The second-order valence-electron chi connectivity index (χ2n) is 4.89. The molecule has 1 aliphatic rings. The first-order valence-corrected chi connectivity index (χ1v) is 6.89. The van der Waals surface area contributed by atoms with Crippen LogP contribution in [0.25, 0.3) is 0 Å². The fourth-order valence-corrected chi connectivity index (χ4v) is 2.82. The lowest BCUT2D eigenvalue weighted by atomic mass is 9.98. The number of hydrogen-bond donors (Lipinski definition) is 1. The second-order valence-corrected chi connectivity index (χ2v) is 5.33. The van der Waals surface area contributed by atoms with E-state index in [1.54, 1.807) is 24.3 Å². The van der Waals surface area contributed by atoms with Crippen LogP contribution < -0.4 is 4.74 Å². The molecule has 1 aliphatic heterocycles. The van der Waals surface area contributed by atoms with Crippen molar-refractivity contribution in [3.63, 3.8) is 0 Å². The Morgan fingerprint density at radius 1 is 1.30 bits per heavy atom. The van der Waals surface area contributed by atoms with Gasteiger partial charge in [0.15, 0.2) is 0 Å². The summed E-state index contributed by atoms with van der Waals surface area (Å²) in [5.74, 6) is 0.379. The number of rotatable bonds is 3. The molecule has 3 rings (SSSR count). The molecule has 0 radical (unpaired) electrons. The Kier molecular flexibility index (Phi) is 3.64. The third-order valence-corrected chi connectivity index (χ3v) is 3.72. The van der Waals surface area contributed by atoms with Crippen molar-refractivity contribution < 1.29 is 14.2 Å². The summed E-state index contributed by atoms with van der Waals surface area (Å²) in [5, 5.41) is 10.9. The summed E-state index contributed by atoms with van der Waals surface area (Å²) in [4.78, 5) is 0. The van der Waals surface area contributed by atoms with Crippen LogP contribution in [0, 0.1) is 5.82 Å². The fraction of sp³-hybridized carbons (Fsp3) is 0.250. The van der Waals surface area contributed by atoms with Gasteiger partial charge in [-0.25, -0.2) is 4.39 Å². The molecule has 104 valence electrons. The molecule has 0 fully saturated rings. The van der Waals surface area contributed by atoms with E-state index >= 15 is 0 Å². The Balaban J connectivity index is 1.90. The molecule has 0 amide bonds. The van der Waals surface area contributed by atoms with Gasteiger partial charge in [0, 0.05) is 23.4 Å². The molecule has 0 bridgehead atoms. The summed E-state index contributed by atoms with van der Waals surface area (Å²) < 4.78 is 19.3. The van der Waals surface area contributed by atoms with Crippen LogP contribution in [0.4, 0.5) is 4.39 Å². The van der Waals surface area contributed by atoms with Crippen molar-refractivity contribution in [3.05, 3.63) is 63.9 Å². The lowest BCUT2D eigenvalue weighted by Crippen LogP contribution is -2.05. The maximum absolute atomic E-state index is 13.7. The molecule has 2 nitrogen and oxygen atoms in total. The third kappa shape index (κ3) is 2.51. The molecule has 1 N–H and O–H groups in total. The highest BCUT2D eigenvalue weighted by molar-refractivity contribution is 6.30. The highest BCUT2D eigenvalue weighted by atomic mass is 35.5. The van der Waals surface area contributed by atoms with Crippen LogP contribution in [0.2, 0.25) is 5.02 Å². The summed E-state index contributed by atoms with van der Waals surface area (Å²) >= 11 is 6.08. The molecule has 2 aromatic rings. The number of ether oxygens (including phenoxy) is 1. The molecule has 4 heteroatoms. The standard InChI is InChI=1S/C16H14ClFO2/c17-12-7-10-5-6-20-16(10)11(8-12)9-15(19)13-3-1-2-4-14(13)18/h1-4,7-8,15,19H,5-6,9H2. The van der Waals surface area contributed by atoms with Gasteiger partial charge in [-0.2, -0.15) is 0 Å². The van der Waals surface area contributed by atoms with E-state index in [4.69, 9.17) is 16.3 Å². The van der Waals surface area contributed by atoms with E-state index in [9.17, 15) is 9.50 Å². The summed E-state index contributed by atoms with van der Waals surface area (Å²) in [6.07, 6.45) is 0.186. The van der Waals surface area contributed by atoms with Crippen molar-refractivity contribution >= 4 is 11.6 Å². The molecule has 1 unspecified atom stereocenters. The van der Waals surface area contributed by atoms with Crippen molar-refractivity contribution in [2.45, 2.75) is 18.9 Å². The highest BCUT2D eigenvalue weighted by Gasteiger charge is 2.21. The van der Waals surface area contributed by atoms with E-state index in [1.165, 1.54) is 6.07 Å². The number of benzene rings is 2. The monoisotopic (exact) mass is 292 g/mol. The summed E-state index contributed by atoms with van der Waals surface area (Å²) in [6.45, 7) is 0.623. The Bertz CT molecular complexity index is 642. The van der Waals surface area contributed by atoms with Crippen LogP contribution in [0.5, 0.6) is 5.75 Å². The smallest absolute Gasteiger partial charge is 0.129 e. The quantitative estimate of drug-likeness (QED) is 0.935. The van der Waals surface area contributed by atoms with Gasteiger partial charge in [-0.15, -0.1) is 0 Å². The lowest BCUT2D eigenvalue weighted by molar-refractivity contribution is 0.172. The van der Waals surface area contributed by atoms with Crippen molar-refractivity contribution in [2.75, 3.05) is 6.61 Å². The van der Waals surface area contributed by atoms with Crippen LogP contribution >= 0.6 is 11.6 Å². The number of aliphatic hydroxyl groups excluding tert-OH is 1. The number of aliphatic hydroxyl groups is 1. The van der Waals surface area contributed by atoms with Crippen LogP contribution in [-0.4, -0.2) is 11.7 Å². The van der Waals surface area contributed by atoms with E-state index in [2.05, 4.69) is 0 Å². The predicted molar refractivity (Wildman–Crippen MR) is 75.7 cm³/mol. The Hall–Kier alpha value is -1.58. The van der Waals surface area contributed by atoms with Crippen molar-refractivity contribution in [1.29, 1.82) is 0 Å². The fourth-order valence-electron chi connectivity index (χ4n) is 2.56. The van der Waals surface area contributed by atoms with Gasteiger partial charge in [0.05, 0.1) is 12.7 Å². The largest absolute Gasteiger partial charge is 0.493 e. The zero-order valence-electron chi connectivity index (χ0n) is 10.8. The van der Waals surface area contributed by atoms with Crippen LogP contribution in [-0.2, 0) is 12.8 Å². The maximum Gasteiger partial charge on any atom is 0.129 e. The molecule has 0 saturated heterocycles. The van der Waals surface area contributed by atoms with Crippen molar-refractivity contribution in [2.24, 2.45) is 0 Å². The van der Waals surface area contributed by atoms with Crippen LogP contribution in [0.1, 0.15) is 22.8 Å². The summed E-state index contributed by atoms with van der Waals surface area (Å²) in [7, 11) is 0. The van der Waals surface area contributed by atoms with Crippen LogP contribution in [0.15, 0.2) is 36.4 Å². The van der Waals surface area contributed by atoms with Crippen molar-refractivity contribution in [1.82, 2.24) is 0 Å². The second kappa shape index (κ2) is 5.43. The van der Waals surface area contributed by atoms with Gasteiger partial charge in [-0.3, -0.25) is 0 Å². The predicted octanol–water partition coefficient (Wildman–Crippen LogP) is 3.69. The zero-order chi connectivity index (χ0) is 14.1. The first kappa shape index (κ1) is 13.4. The normalized spacial score (nSPS) is 14.8. The minimum absolute atomic E-state index is 0.282. The van der Waals surface area contributed by atoms with E-state index in [-0.39, 0.29) is 6.42 Å². The Labute approximate surface area is 121 Å². The van der Waals surface area contributed by atoms with E-state index in [1.807, 2.05) is 6.07 Å². The van der Waals surface area contributed by atoms with Crippen LogP contribution in [0.3, 0.4) is 0 Å². The molecule has 1 atom stereocenters. The number of fused-ring (bicyclic) bond motifs is 1. The molecule has 0 spiro atoms. The summed E-state index contributed by atoms with van der Waals surface area (Å²) in [5.41, 5.74) is 2.16. The molecule has 0 aliphatic carbocycles. The molecule has 0 aromatic heterocycles. The first-order chi connectivity index (χ1) is 9.65. The highest BCUT2D eigenvalue weighted by Crippen LogP contribution is 2.35. The number of hydrogen-bond acceptors (Lipinski definition) is 2. The average molecular weight is 293 g/mol. The summed E-state index contributed by atoms with van der Waals surface area (Å²) in [6, 6.07) is 9.90. The molecular weight excluding hydrogens is 279 g/mol. The van der Waals surface area contributed by atoms with Crippen molar-refractivity contribution in [3.8, 4) is 5.75 Å². The third-order valence-electron chi connectivity index (χ3n) is 3.50. The molecule has 2 aromatic carbocycles. The topological polar surface area (TPSA) is 29.5 Å². The van der Waals surface area contributed by atoms with E-state index in [0.717, 1.165) is 23.3 Å². The van der Waals surface area contributed by atoms with Gasteiger partial charge in [-0.1, -0.05) is 29.8 Å². The minimum atomic E-state index is -0.914. The zero-order valence-corrected chi connectivity index (χ0v) is 11.5. The minimum Gasteiger partial charge on any atom is -0.493 e. The van der Waals surface area contributed by atoms with Gasteiger partial charge >= 0.3 is 0 Å². The maximum atomic E-state index is 13.7. The van der Waals surface area contributed by atoms with Gasteiger partial charge in [0.1, 0.15) is 11.6 Å². The molecule has 0 saturated carbocycles. The SMILES string of the molecule is OC(Cc1cc(Cl)cc2c1OCC2)c1ccccc1F. The Morgan fingerprint density at radius 2 is 2.10 bits per heavy atom. The first-order valence-electron chi connectivity index (χ1n) is 6.52. The molecule has 20 heavy (non-hydrogen) atoms. The van der Waals surface area contributed by atoms with Gasteiger partial charge in [0.25, 0.3) is 0 Å². The van der Waals surface area contributed by atoms with Gasteiger partial charge < -0.3 is 9.84 Å². The van der Waals surface area contributed by atoms with E-state index in [0.29, 0.717) is 17.2 Å². The van der Waals surface area contributed by atoms with E-state index < -0.39 is 11.9 Å². The molecular formula is C16H14ClFO2. The average Bonchev–Trinajstić information content (AvgIpc) is 2.87. The Morgan fingerprint density at radius 3 is 2.90 bits per heavy atom.